The fourth-order valence-corrected chi connectivity index (χ4v) is 2.98. The molecule has 0 saturated heterocycles. The van der Waals surface area contributed by atoms with E-state index in [-0.39, 0.29) is 22.7 Å². The molecule has 1 aliphatic rings. The van der Waals surface area contributed by atoms with E-state index in [0.717, 1.165) is 22.6 Å². The molecule has 0 bridgehead atoms. The molecule has 3 rings (SSSR count). The van der Waals surface area contributed by atoms with Crippen molar-refractivity contribution >= 4 is 29.0 Å². The van der Waals surface area contributed by atoms with Crippen molar-refractivity contribution < 1.29 is 22.8 Å². The van der Waals surface area contributed by atoms with Crippen LogP contribution in [0, 0.1) is 6.92 Å². The summed E-state index contributed by atoms with van der Waals surface area (Å²) in [5.41, 5.74) is 0.875. The minimum absolute atomic E-state index is 0.0589. The molecule has 7 heteroatoms. The molecule has 26 heavy (non-hydrogen) atoms. The van der Waals surface area contributed by atoms with Crippen LogP contribution in [0.2, 0.25) is 0 Å². The summed E-state index contributed by atoms with van der Waals surface area (Å²) < 4.78 is 38.5. The molecule has 3 nitrogen and oxygen atoms in total. The summed E-state index contributed by atoms with van der Waals surface area (Å²) in [5.74, 6) is -1.34. The number of carbonyl (C=O) groups excluding carboxylic acids is 2. The van der Waals surface area contributed by atoms with Gasteiger partial charge in [0.05, 0.1) is 17.7 Å². The highest BCUT2D eigenvalue weighted by molar-refractivity contribution is 6.55. The molecule has 0 fully saturated rings. The van der Waals surface area contributed by atoms with Crippen LogP contribution in [0.15, 0.2) is 53.6 Å². The van der Waals surface area contributed by atoms with Crippen molar-refractivity contribution in [3.63, 3.8) is 0 Å². The first kappa shape index (κ1) is 18.2. The number of hydrogen-bond donors (Lipinski definition) is 0. The lowest BCUT2D eigenvalue weighted by Crippen LogP contribution is -2.30. The van der Waals surface area contributed by atoms with E-state index in [2.05, 4.69) is 0 Å². The maximum Gasteiger partial charge on any atom is 0.416 e. The zero-order chi connectivity index (χ0) is 19.1. The van der Waals surface area contributed by atoms with Gasteiger partial charge in [-0.3, -0.25) is 14.5 Å². The summed E-state index contributed by atoms with van der Waals surface area (Å²) in [4.78, 5) is 25.8. The summed E-state index contributed by atoms with van der Waals surface area (Å²) in [7, 11) is 0. The summed E-state index contributed by atoms with van der Waals surface area (Å²) in [6.07, 6.45) is -4.50. The highest BCUT2D eigenvalue weighted by Crippen LogP contribution is 2.34. The number of aryl methyl sites for hydroxylation is 1. The van der Waals surface area contributed by atoms with E-state index in [1.165, 1.54) is 12.1 Å². The molecule has 0 aliphatic carbocycles. The van der Waals surface area contributed by atoms with Gasteiger partial charge in [-0.05, 0) is 30.2 Å². The molecule has 2 amide bonds. The summed E-state index contributed by atoms with van der Waals surface area (Å²) in [6.45, 7) is 1.59. The topological polar surface area (TPSA) is 37.4 Å². The third-order valence-electron chi connectivity index (χ3n) is 4.05. The van der Waals surface area contributed by atoms with Gasteiger partial charge in [0.25, 0.3) is 11.8 Å². The first-order chi connectivity index (χ1) is 12.2. The Balaban J connectivity index is 1.89. The Bertz CT molecular complexity index is 917. The Labute approximate surface area is 152 Å². The minimum atomic E-state index is -4.50. The zero-order valence-electron chi connectivity index (χ0n) is 13.6. The van der Waals surface area contributed by atoms with E-state index in [4.69, 9.17) is 11.6 Å². The van der Waals surface area contributed by atoms with Crippen LogP contribution in [0.1, 0.15) is 22.3 Å². The predicted octanol–water partition coefficient (Wildman–Crippen LogP) is 4.53. The largest absolute Gasteiger partial charge is 0.416 e. The normalized spacial score (nSPS) is 15.2. The van der Waals surface area contributed by atoms with Crippen LogP contribution in [-0.4, -0.2) is 16.7 Å². The maximum absolute atomic E-state index is 12.8. The number of carbonyl (C=O) groups is 2. The second-order valence-corrected chi connectivity index (χ2v) is 6.33. The number of benzene rings is 2. The van der Waals surface area contributed by atoms with Crippen LogP contribution >= 0.6 is 11.6 Å². The number of halogens is 4. The SMILES string of the molecule is Cc1ccc(C2=C(Cl)C(=O)N(Cc3cccc(C(F)(F)F)c3)C2=O)cc1. The molecule has 0 spiro atoms. The lowest BCUT2D eigenvalue weighted by molar-refractivity contribution is -0.137. The van der Waals surface area contributed by atoms with E-state index in [1.807, 2.05) is 6.92 Å². The first-order valence-corrected chi connectivity index (χ1v) is 8.05. The lowest BCUT2D eigenvalue weighted by Gasteiger charge is -2.16. The highest BCUT2D eigenvalue weighted by atomic mass is 35.5. The van der Waals surface area contributed by atoms with Crippen molar-refractivity contribution in [3.05, 3.63) is 75.8 Å². The monoisotopic (exact) mass is 379 g/mol. The van der Waals surface area contributed by atoms with Gasteiger partial charge in [0.1, 0.15) is 5.03 Å². The van der Waals surface area contributed by atoms with Crippen molar-refractivity contribution in [1.82, 2.24) is 4.90 Å². The Morgan fingerprint density at radius 1 is 1.00 bits per heavy atom. The molecular weight excluding hydrogens is 367 g/mol. The fourth-order valence-electron chi connectivity index (χ4n) is 2.69. The van der Waals surface area contributed by atoms with E-state index in [1.54, 1.807) is 24.3 Å². The van der Waals surface area contributed by atoms with Gasteiger partial charge in [0, 0.05) is 0 Å². The average molecular weight is 380 g/mol. The number of imide groups is 1. The quantitative estimate of drug-likeness (QED) is 0.735. The smallest absolute Gasteiger partial charge is 0.269 e. The summed E-state index contributed by atoms with van der Waals surface area (Å²) in [6, 6.07) is 11.4. The molecule has 0 atom stereocenters. The zero-order valence-corrected chi connectivity index (χ0v) is 14.4. The molecule has 2 aromatic rings. The molecule has 0 radical (unpaired) electrons. The second-order valence-electron chi connectivity index (χ2n) is 5.95. The maximum atomic E-state index is 12.8. The number of hydrogen-bond acceptors (Lipinski definition) is 2. The second kappa shape index (κ2) is 6.61. The summed E-state index contributed by atoms with van der Waals surface area (Å²) in [5, 5.41) is -0.231. The lowest BCUT2D eigenvalue weighted by atomic mass is 10.0. The fraction of sp³-hybridized carbons (Fsp3) is 0.158. The third-order valence-corrected chi connectivity index (χ3v) is 4.40. The van der Waals surface area contributed by atoms with Gasteiger partial charge < -0.3 is 0 Å². The van der Waals surface area contributed by atoms with Crippen molar-refractivity contribution in [1.29, 1.82) is 0 Å². The molecule has 0 N–H and O–H groups in total. The highest BCUT2D eigenvalue weighted by Gasteiger charge is 2.38. The van der Waals surface area contributed by atoms with Crippen molar-refractivity contribution in [2.75, 3.05) is 0 Å². The Kier molecular flexibility index (Phi) is 4.63. The standard InChI is InChI=1S/C19H13ClF3NO2/c1-11-5-7-13(8-6-11)15-16(20)18(26)24(17(15)25)10-12-3-2-4-14(9-12)19(21,22)23/h2-9H,10H2,1H3. The van der Waals surface area contributed by atoms with Crippen molar-refractivity contribution in [2.24, 2.45) is 0 Å². The molecular formula is C19H13ClF3NO2. The van der Waals surface area contributed by atoms with Gasteiger partial charge in [0.2, 0.25) is 0 Å². The molecule has 0 unspecified atom stereocenters. The number of alkyl halides is 3. The average Bonchev–Trinajstić information content (AvgIpc) is 2.79. The van der Waals surface area contributed by atoms with E-state index >= 15 is 0 Å². The van der Waals surface area contributed by atoms with Crippen molar-refractivity contribution in [2.45, 2.75) is 19.6 Å². The Hall–Kier alpha value is -2.60. The van der Waals surface area contributed by atoms with Crippen molar-refractivity contribution in [3.8, 4) is 0 Å². The molecule has 0 saturated carbocycles. The van der Waals surface area contributed by atoms with Crippen LogP contribution < -0.4 is 0 Å². The molecule has 1 heterocycles. The van der Waals surface area contributed by atoms with Gasteiger partial charge in [0.15, 0.2) is 0 Å². The van der Waals surface area contributed by atoms with Crippen LogP contribution in [-0.2, 0) is 22.3 Å². The molecule has 1 aliphatic heterocycles. The Morgan fingerprint density at radius 3 is 2.27 bits per heavy atom. The molecule has 134 valence electrons. The number of rotatable bonds is 3. The van der Waals surface area contributed by atoms with Crippen LogP contribution in [0.25, 0.3) is 5.57 Å². The van der Waals surface area contributed by atoms with Gasteiger partial charge in [-0.25, -0.2) is 0 Å². The van der Waals surface area contributed by atoms with Gasteiger partial charge in [-0.1, -0.05) is 53.6 Å². The first-order valence-electron chi connectivity index (χ1n) is 7.67. The minimum Gasteiger partial charge on any atom is -0.269 e. The third kappa shape index (κ3) is 3.37. The predicted molar refractivity (Wildman–Crippen MR) is 91.0 cm³/mol. The number of nitrogens with zero attached hydrogens (tertiary/aromatic N) is 1. The Morgan fingerprint density at radius 2 is 1.65 bits per heavy atom. The number of amides is 2. The van der Waals surface area contributed by atoms with Gasteiger partial charge in [-0.15, -0.1) is 0 Å². The van der Waals surface area contributed by atoms with E-state index in [0.29, 0.717) is 5.56 Å². The molecule has 2 aromatic carbocycles. The van der Waals surface area contributed by atoms with E-state index < -0.39 is 23.6 Å². The van der Waals surface area contributed by atoms with E-state index in [9.17, 15) is 22.8 Å². The summed E-state index contributed by atoms with van der Waals surface area (Å²) >= 11 is 6.05. The van der Waals surface area contributed by atoms with Crippen LogP contribution in [0.4, 0.5) is 13.2 Å². The molecule has 0 aromatic heterocycles. The van der Waals surface area contributed by atoms with Crippen LogP contribution in [0.3, 0.4) is 0 Å². The van der Waals surface area contributed by atoms with Gasteiger partial charge >= 0.3 is 6.18 Å². The van der Waals surface area contributed by atoms with Crippen LogP contribution in [0.5, 0.6) is 0 Å². The van der Waals surface area contributed by atoms with Gasteiger partial charge in [-0.2, -0.15) is 13.2 Å².